The van der Waals surface area contributed by atoms with Gasteiger partial charge in [0.15, 0.2) is 0 Å². The van der Waals surface area contributed by atoms with Crippen molar-refractivity contribution in [3.63, 3.8) is 0 Å². The number of aryl methyl sites for hydroxylation is 1. The van der Waals surface area contributed by atoms with Crippen LogP contribution in [0.4, 0.5) is 0 Å². The van der Waals surface area contributed by atoms with Gasteiger partial charge in [0.1, 0.15) is 0 Å². The average Bonchev–Trinajstić information content (AvgIpc) is 3.17. The number of hydrogen-bond donors (Lipinski definition) is 1. The maximum absolute atomic E-state index is 11.8. The minimum absolute atomic E-state index is 0.228. The quantitative estimate of drug-likeness (QED) is 0.782. The highest BCUT2D eigenvalue weighted by molar-refractivity contribution is 7.09. The van der Waals surface area contributed by atoms with Gasteiger partial charge < -0.3 is 9.84 Å². The first kappa shape index (κ1) is 14.4. The van der Waals surface area contributed by atoms with Crippen LogP contribution in [0.5, 0.6) is 0 Å². The van der Waals surface area contributed by atoms with Gasteiger partial charge in [0.2, 0.25) is 5.76 Å². The fourth-order valence-electron chi connectivity index (χ4n) is 1.90. The predicted molar refractivity (Wildman–Crippen MR) is 82.6 cm³/mol. The molecule has 112 valence electrons. The van der Waals surface area contributed by atoms with Gasteiger partial charge >= 0.3 is 0 Å². The van der Waals surface area contributed by atoms with Crippen LogP contribution in [0.1, 0.15) is 21.3 Å². The van der Waals surface area contributed by atoms with Crippen LogP contribution in [-0.4, -0.2) is 27.6 Å². The third-order valence-corrected chi connectivity index (χ3v) is 3.86. The molecule has 0 aliphatic carbocycles. The third kappa shape index (κ3) is 3.37. The first-order valence-electron chi connectivity index (χ1n) is 6.80. The van der Waals surface area contributed by atoms with Crippen molar-refractivity contribution in [2.24, 2.45) is 0 Å². The molecule has 1 N–H and O–H groups in total. The van der Waals surface area contributed by atoms with Crippen molar-refractivity contribution in [1.29, 1.82) is 0 Å². The largest absolute Gasteiger partial charge is 0.351 e. The monoisotopic (exact) mass is 314 g/mol. The molecule has 7 heteroatoms. The molecule has 0 bridgehead atoms. The Balaban J connectivity index is 1.54. The van der Waals surface area contributed by atoms with E-state index in [0.717, 1.165) is 16.4 Å². The Morgan fingerprint density at radius 1 is 1.36 bits per heavy atom. The summed E-state index contributed by atoms with van der Waals surface area (Å²) in [6, 6.07) is 7.34. The molecule has 0 fully saturated rings. The van der Waals surface area contributed by atoms with E-state index in [1.165, 1.54) is 0 Å². The van der Waals surface area contributed by atoms with Crippen molar-refractivity contribution in [3.05, 3.63) is 52.3 Å². The molecule has 1 amide bonds. The lowest BCUT2D eigenvalue weighted by atomic mass is 10.3. The molecule has 3 heterocycles. The van der Waals surface area contributed by atoms with E-state index in [2.05, 4.69) is 20.4 Å². The zero-order valence-electron chi connectivity index (χ0n) is 11.9. The van der Waals surface area contributed by atoms with E-state index in [0.29, 0.717) is 18.7 Å². The summed E-state index contributed by atoms with van der Waals surface area (Å²) in [6.07, 6.45) is 2.41. The maximum atomic E-state index is 11.8. The summed E-state index contributed by atoms with van der Waals surface area (Å²) < 4.78 is 4.91. The molecule has 6 nitrogen and oxygen atoms in total. The molecule has 0 aliphatic heterocycles. The second-order valence-electron chi connectivity index (χ2n) is 4.68. The molecule has 0 aliphatic rings. The minimum Gasteiger partial charge on any atom is -0.351 e. The summed E-state index contributed by atoms with van der Waals surface area (Å²) in [4.78, 5) is 20.6. The zero-order valence-corrected chi connectivity index (χ0v) is 12.8. The van der Waals surface area contributed by atoms with E-state index in [4.69, 9.17) is 4.52 Å². The van der Waals surface area contributed by atoms with E-state index >= 15 is 0 Å². The lowest BCUT2D eigenvalue weighted by Crippen LogP contribution is -2.25. The molecular weight excluding hydrogens is 300 g/mol. The number of aromatic nitrogens is 3. The van der Waals surface area contributed by atoms with Crippen LogP contribution in [0.3, 0.4) is 0 Å². The number of nitrogens with one attached hydrogen (secondary N) is 1. The van der Waals surface area contributed by atoms with E-state index < -0.39 is 0 Å². The lowest BCUT2D eigenvalue weighted by Gasteiger charge is -2.00. The summed E-state index contributed by atoms with van der Waals surface area (Å²) in [5, 5.41) is 9.40. The standard InChI is InChI=1S/C15H14N4O2S/c1-10-8-13(21-19-10)15(20)17-7-5-14-18-12(9-22-14)11-4-2-3-6-16-11/h2-4,6,8-9H,5,7H2,1H3,(H,17,20). The van der Waals surface area contributed by atoms with E-state index in [9.17, 15) is 4.79 Å². The molecule has 0 atom stereocenters. The Hall–Kier alpha value is -2.54. The van der Waals surface area contributed by atoms with E-state index in [-0.39, 0.29) is 11.7 Å². The molecule has 0 radical (unpaired) electrons. The first-order valence-corrected chi connectivity index (χ1v) is 7.67. The van der Waals surface area contributed by atoms with Gasteiger partial charge in [0, 0.05) is 30.6 Å². The van der Waals surface area contributed by atoms with Crippen molar-refractivity contribution in [3.8, 4) is 11.4 Å². The molecule has 3 aromatic rings. The average molecular weight is 314 g/mol. The van der Waals surface area contributed by atoms with Crippen LogP contribution >= 0.6 is 11.3 Å². The second-order valence-corrected chi connectivity index (χ2v) is 5.62. The van der Waals surface area contributed by atoms with Gasteiger partial charge in [-0.25, -0.2) is 4.98 Å². The number of thiazole rings is 1. The van der Waals surface area contributed by atoms with Gasteiger partial charge in [-0.05, 0) is 19.1 Å². The fraction of sp³-hybridized carbons (Fsp3) is 0.200. The van der Waals surface area contributed by atoms with Gasteiger partial charge in [-0.1, -0.05) is 11.2 Å². The Labute approximate surface area is 131 Å². The molecule has 3 rings (SSSR count). The van der Waals surface area contributed by atoms with Gasteiger partial charge in [0.25, 0.3) is 5.91 Å². The highest BCUT2D eigenvalue weighted by atomic mass is 32.1. The summed E-state index contributed by atoms with van der Waals surface area (Å²) >= 11 is 1.56. The number of rotatable bonds is 5. The van der Waals surface area contributed by atoms with E-state index in [1.807, 2.05) is 23.6 Å². The van der Waals surface area contributed by atoms with Gasteiger partial charge in [-0.15, -0.1) is 11.3 Å². The molecule has 3 aromatic heterocycles. The number of nitrogens with zero attached hydrogens (tertiary/aromatic N) is 3. The number of carbonyl (C=O) groups excluding carboxylic acids is 1. The van der Waals surface area contributed by atoms with Crippen molar-refractivity contribution >= 4 is 17.2 Å². The Morgan fingerprint density at radius 2 is 2.27 bits per heavy atom. The van der Waals surface area contributed by atoms with Crippen LogP contribution in [0, 0.1) is 6.92 Å². The Morgan fingerprint density at radius 3 is 3.00 bits per heavy atom. The van der Waals surface area contributed by atoms with Crippen LogP contribution < -0.4 is 5.32 Å². The number of carbonyl (C=O) groups is 1. The smallest absolute Gasteiger partial charge is 0.289 e. The second kappa shape index (κ2) is 6.48. The summed E-state index contributed by atoms with van der Waals surface area (Å²) in [5.74, 6) is -0.0343. The first-order chi connectivity index (χ1) is 10.7. The molecular formula is C15H14N4O2S. The minimum atomic E-state index is -0.262. The van der Waals surface area contributed by atoms with Gasteiger partial charge in [0.05, 0.1) is 22.1 Å². The van der Waals surface area contributed by atoms with Crippen molar-refractivity contribution in [2.75, 3.05) is 6.54 Å². The molecule has 22 heavy (non-hydrogen) atoms. The van der Waals surface area contributed by atoms with Crippen LogP contribution in [-0.2, 0) is 6.42 Å². The Bertz CT molecular complexity index is 767. The van der Waals surface area contributed by atoms with Gasteiger partial charge in [-0.2, -0.15) is 0 Å². The van der Waals surface area contributed by atoms with Crippen molar-refractivity contribution < 1.29 is 9.32 Å². The van der Waals surface area contributed by atoms with Crippen LogP contribution in [0.15, 0.2) is 40.4 Å². The highest BCUT2D eigenvalue weighted by Crippen LogP contribution is 2.19. The zero-order chi connectivity index (χ0) is 15.4. The summed E-state index contributed by atoms with van der Waals surface area (Å²) in [6.45, 7) is 2.27. The van der Waals surface area contributed by atoms with E-state index in [1.54, 1.807) is 30.5 Å². The lowest BCUT2D eigenvalue weighted by molar-refractivity contribution is 0.0917. The Kier molecular flexibility index (Phi) is 4.24. The third-order valence-electron chi connectivity index (χ3n) is 2.96. The fourth-order valence-corrected chi connectivity index (χ4v) is 2.69. The molecule has 0 aromatic carbocycles. The highest BCUT2D eigenvalue weighted by Gasteiger charge is 2.11. The topological polar surface area (TPSA) is 80.9 Å². The van der Waals surface area contributed by atoms with Crippen molar-refractivity contribution in [1.82, 2.24) is 20.4 Å². The maximum Gasteiger partial charge on any atom is 0.289 e. The summed E-state index contributed by atoms with van der Waals surface area (Å²) in [7, 11) is 0. The number of pyridine rings is 1. The molecule has 0 saturated heterocycles. The summed E-state index contributed by atoms with van der Waals surface area (Å²) in [5.41, 5.74) is 2.40. The SMILES string of the molecule is Cc1cc(C(=O)NCCc2nc(-c3ccccn3)cs2)on1. The normalized spacial score (nSPS) is 10.6. The van der Waals surface area contributed by atoms with Crippen molar-refractivity contribution in [2.45, 2.75) is 13.3 Å². The molecule has 0 saturated carbocycles. The van der Waals surface area contributed by atoms with Crippen LogP contribution in [0.2, 0.25) is 0 Å². The predicted octanol–water partition coefficient (Wildman–Crippen LogP) is 2.47. The number of amides is 1. The molecule has 0 spiro atoms. The van der Waals surface area contributed by atoms with Crippen LogP contribution in [0.25, 0.3) is 11.4 Å². The molecule has 0 unspecified atom stereocenters. The van der Waals surface area contributed by atoms with Gasteiger partial charge in [-0.3, -0.25) is 9.78 Å². The number of hydrogen-bond acceptors (Lipinski definition) is 6.